The number of halogens is 3. The molecule has 17 heavy (non-hydrogen) atoms. The predicted molar refractivity (Wildman–Crippen MR) is 86.3 cm³/mol. The first-order chi connectivity index (χ1) is 8.06. The Morgan fingerprint density at radius 1 is 1.18 bits per heavy atom. The molecule has 0 fully saturated rings. The Bertz CT molecular complexity index is 502. The van der Waals surface area contributed by atoms with E-state index in [1.807, 2.05) is 11.3 Å². The first-order valence-electron chi connectivity index (χ1n) is 5.20. The third-order valence-corrected chi connectivity index (χ3v) is 6.14. The molecule has 0 aliphatic rings. The molecule has 1 atom stereocenters. The van der Waals surface area contributed by atoms with Gasteiger partial charge in [-0.2, -0.15) is 0 Å². The number of aryl methyl sites for hydroxylation is 1. The normalized spacial score (nSPS) is 12.7. The van der Waals surface area contributed by atoms with Crippen molar-refractivity contribution in [1.29, 1.82) is 0 Å². The van der Waals surface area contributed by atoms with E-state index in [1.54, 1.807) is 0 Å². The summed E-state index contributed by atoms with van der Waals surface area (Å²) in [5, 5.41) is 0. The van der Waals surface area contributed by atoms with Gasteiger partial charge in [-0.05, 0) is 53.0 Å². The van der Waals surface area contributed by atoms with E-state index in [2.05, 4.69) is 85.0 Å². The number of hydrogen-bond acceptors (Lipinski definition) is 1. The molecule has 1 heterocycles. The second-order valence-electron chi connectivity index (χ2n) is 3.87. The molecule has 0 spiro atoms. The Labute approximate surface area is 131 Å². The van der Waals surface area contributed by atoms with E-state index < -0.39 is 0 Å². The highest BCUT2D eigenvalue weighted by atomic mass is 79.9. The number of rotatable bonds is 3. The molecule has 0 radical (unpaired) electrons. The lowest BCUT2D eigenvalue weighted by molar-refractivity contribution is 0.965. The van der Waals surface area contributed by atoms with Gasteiger partial charge in [0.2, 0.25) is 0 Å². The molecule has 0 aliphatic carbocycles. The second kappa shape index (κ2) is 6.00. The Kier molecular flexibility index (Phi) is 4.87. The molecule has 2 rings (SSSR count). The van der Waals surface area contributed by atoms with Crippen molar-refractivity contribution in [3.8, 4) is 0 Å². The summed E-state index contributed by atoms with van der Waals surface area (Å²) >= 11 is 12.7. The van der Waals surface area contributed by atoms with Gasteiger partial charge in [-0.1, -0.05) is 44.0 Å². The average molecular weight is 439 g/mol. The van der Waals surface area contributed by atoms with Crippen LogP contribution in [0.3, 0.4) is 0 Å². The third kappa shape index (κ3) is 3.66. The molecule has 0 saturated heterocycles. The summed E-state index contributed by atoms with van der Waals surface area (Å²) in [5.74, 6) is 0. The molecular weight excluding hydrogens is 428 g/mol. The van der Waals surface area contributed by atoms with Crippen molar-refractivity contribution in [1.82, 2.24) is 0 Å². The number of benzene rings is 1. The van der Waals surface area contributed by atoms with Crippen molar-refractivity contribution in [3.63, 3.8) is 0 Å². The van der Waals surface area contributed by atoms with Crippen LogP contribution in [0.2, 0.25) is 0 Å². The van der Waals surface area contributed by atoms with Crippen LogP contribution in [0.25, 0.3) is 0 Å². The third-order valence-electron chi connectivity index (χ3n) is 2.45. The summed E-state index contributed by atoms with van der Waals surface area (Å²) in [4.78, 5) is 3.08. The van der Waals surface area contributed by atoms with Crippen molar-refractivity contribution >= 4 is 59.1 Å². The van der Waals surface area contributed by atoms with Crippen molar-refractivity contribution < 1.29 is 0 Å². The fraction of sp³-hybridized carbons (Fsp3) is 0.231. The molecule has 0 saturated carbocycles. The van der Waals surface area contributed by atoms with Gasteiger partial charge >= 0.3 is 0 Å². The largest absolute Gasteiger partial charge is 0.143 e. The van der Waals surface area contributed by atoms with E-state index in [1.165, 1.54) is 19.8 Å². The van der Waals surface area contributed by atoms with Crippen LogP contribution < -0.4 is 0 Å². The minimum atomic E-state index is 0.372. The number of thiophene rings is 1. The Morgan fingerprint density at radius 2 is 1.82 bits per heavy atom. The minimum Gasteiger partial charge on any atom is -0.143 e. The SMILES string of the molecule is Cc1cc(Br)c(C(Br)Cc2ccc(Br)cc2)s1. The van der Waals surface area contributed by atoms with Gasteiger partial charge in [0.05, 0.1) is 4.83 Å². The highest BCUT2D eigenvalue weighted by Crippen LogP contribution is 2.38. The zero-order valence-electron chi connectivity index (χ0n) is 9.21. The summed E-state index contributed by atoms with van der Waals surface area (Å²) in [6.07, 6.45) is 1.01. The Morgan fingerprint density at radius 3 is 2.35 bits per heavy atom. The molecule has 1 aromatic heterocycles. The van der Waals surface area contributed by atoms with E-state index >= 15 is 0 Å². The molecule has 2 aromatic rings. The first-order valence-corrected chi connectivity index (χ1v) is 8.52. The van der Waals surface area contributed by atoms with E-state index in [-0.39, 0.29) is 0 Å². The quantitative estimate of drug-likeness (QED) is 0.496. The highest BCUT2D eigenvalue weighted by Gasteiger charge is 2.14. The standard InChI is InChI=1S/C13H11Br3S/c1-8-6-11(15)13(17-8)12(16)7-9-2-4-10(14)5-3-9/h2-6,12H,7H2,1H3. The maximum absolute atomic E-state index is 3.77. The maximum atomic E-state index is 3.77. The lowest BCUT2D eigenvalue weighted by Crippen LogP contribution is -1.93. The fourth-order valence-electron chi connectivity index (χ4n) is 1.63. The van der Waals surface area contributed by atoms with Crippen LogP contribution in [0.15, 0.2) is 39.3 Å². The van der Waals surface area contributed by atoms with Crippen LogP contribution in [-0.4, -0.2) is 0 Å². The average Bonchev–Trinajstić information content (AvgIpc) is 2.61. The van der Waals surface area contributed by atoms with Gasteiger partial charge in [-0.15, -0.1) is 11.3 Å². The van der Waals surface area contributed by atoms with Gasteiger partial charge in [0.25, 0.3) is 0 Å². The first kappa shape index (κ1) is 13.8. The molecule has 90 valence electrons. The van der Waals surface area contributed by atoms with E-state index in [0.717, 1.165) is 10.9 Å². The number of hydrogen-bond donors (Lipinski definition) is 0. The van der Waals surface area contributed by atoms with Crippen LogP contribution >= 0.6 is 59.1 Å². The molecule has 4 heteroatoms. The molecule has 0 nitrogen and oxygen atoms in total. The van der Waals surface area contributed by atoms with Crippen molar-refractivity contribution in [3.05, 3.63) is 54.6 Å². The van der Waals surface area contributed by atoms with Crippen LogP contribution in [0, 0.1) is 6.92 Å². The number of alkyl halides is 1. The van der Waals surface area contributed by atoms with Crippen molar-refractivity contribution in [2.24, 2.45) is 0 Å². The van der Waals surface area contributed by atoms with Gasteiger partial charge in [0.15, 0.2) is 0 Å². The molecule has 0 amide bonds. The highest BCUT2D eigenvalue weighted by molar-refractivity contribution is 9.11. The Hall–Kier alpha value is 0.360. The molecular formula is C13H11Br3S. The monoisotopic (exact) mass is 436 g/mol. The van der Waals surface area contributed by atoms with Crippen LogP contribution in [-0.2, 0) is 6.42 Å². The lowest BCUT2D eigenvalue weighted by atomic mass is 10.1. The molecule has 1 unspecified atom stereocenters. The molecule has 1 aromatic carbocycles. The van der Waals surface area contributed by atoms with Crippen LogP contribution in [0.5, 0.6) is 0 Å². The minimum absolute atomic E-state index is 0.372. The van der Waals surface area contributed by atoms with Crippen LogP contribution in [0.4, 0.5) is 0 Å². The van der Waals surface area contributed by atoms with E-state index in [9.17, 15) is 0 Å². The van der Waals surface area contributed by atoms with Gasteiger partial charge < -0.3 is 0 Å². The summed E-state index contributed by atoms with van der Waals surface area (Å²) < 4.78 is 2.33. The maximum Gasteiger partial charge on any atom is 0.0540 e. The predicted octanol–water partition coefficient (Wildman–Crippen LogP) is 6.26. The Balaban J connectivity index is 2.14. The van der Waals surface area contributed by atoms with Gasteiger partial charge in [-0.3, -0.25) is 0 Å². The summed E-state index contributed by atoms with van der Waals surface area (Å²) in [5.41, 5.74) is 1.34. The van der Waals surface area contributed by atoms with Gasteiger partial charge in [0, 0.05) is 18.7 Å². The molecule has 0 bridgehead atoms. The fourth-order valence-corrected chi connectivity index (χ4v) is 5.01. The molecule has 0 aliphatic heterocycles. The topological polar surface area (TPSA) is 0 Å². The summed E-state index contributed by atoms with van der Waals surface area (Å²) in [6, 6.07) is 10.7. The summed E-state index contributed by atoms with van der Waals surface area (Å²) in [6.45, 7) is 2.14. The smallest absolute Gasteiger partial charge is 0.0540 e. The second-order valence-corrected chi connectivity index (χ2v) is 8.03. The molecule has 0 N–H and O–H groups in total. The van der Waals surface area contributed by atoms with Gasteiger partial charge in [-0.25, -0.2) is 0 Å². The van der Waals surface area contributed by atoms with E-state index in [0.29, 0.717) is 4.83 Å². The lowest BCUT2D eigenvalue weighted by Gasteiger charge is -2.08. The van der Waals surface area contributed by atoms with Crippen LogP contribution in [0.1, 0.15) is 20.1 Å². The summed E-state index contributed by atoms with van der Waals surface area (Å²) in [7, 11) is 0. The van der Waals surface area contributed by atoms with E-state index in [4.69, 9.17) is 0 Å². The zero-order chi connectivity index (χ0) is 12.4. The van der Waals surface area contributed by atoms with Crippen molar-refractivity contribution in [2.75, 3.05) is 0 Å². The zero-order valence-corrected chi connectivity index (χ0v) is 14.8. The van der Waals surface area contributed by atoms with Gasteiger partial charge in [0.1, 0.15) is 0 Å². The van der Waals surface area contributed by atoms with Crippen molar-refractivity contribution in [2.45, 2.75) is 18.2 Å².